The van der Waals surface area contributed by atoms with Crippen LogP contribution in [0.3, 0.4) is 0 Å². The highest BCUT2D eigenvalue weighted by Crippen LogP contribution is 2.28. The van der Waals surface area contributed by atoms with Crippen molar-refractivity contribution >= 4 is 10.0 Å². The first-order valence-corrected chi connectivity index (χ1v) is 11.0. The molecule has 0 fully saturated rings. The Kier molecular flexibility index (Phi) is 7.82. The maximum atomic E-state index is 12.8. The summed E-state index contributed by atoms with van der Waals surface area (Å²) in [6.45, 7) is 4.13. The number of benzene rings is 2. The van der Waals surface area contributed by atoms with E-state index in [2.05, 4.69) is 11.6 Å². The largest absolute Gasteiger partial charge is 0.322 e. The minimum atomic E-state index is -3.45. The van der Waals surface area contributed by atoms with Crippen molar-refractivity contribution in [2.75, 3.05) is 5.75 Å². The van der Waals surface area contributed by atoms with Crippen LogP contribution in [-0.2, 0) is 10.0 Å². The lowest BCUT2D eigenvalue weighted by Gasteiger charge is -2.27. The summed E-state index contributed by atoms with van der Waals surface area (Å²) in [4.78, 5) is 0. The Hall–Kier alpha value is -1.69. The van der Waals surface area contributed by atoms with E-state index in [0.717, 1.165) is 30.4 Å². The van der Waals surface area contributed by atoms with E-state index in [1.54, 1.807) is 0 Å². The van der Waals surface area contributed by atoms with Gasteiger partial charge in [-0.1, -0.05) is 87.4 Å². The molecule has 0 aliphatic rings. The quantitative estimate of drug-likeness (QED) is 0.655. The van der Waals surface area contributed by atoms with Gasteiger partial charge in [0.25, 0.3) is 0 Å². The molecule has 0 saturated heterocycles. The molecule has 0 spiro atoms. The fourth-order valence-electron chi connectivity index (χ4n) is 3.24. The Morgan fingerprint density at radius 3 is 1.96 bits per heavy atom. The van der Waals surface area contributed by atoms with Crippen molar-refractivity contribution in [3.63, 3.8) is 0 Å². The Morgan fingerprint density at radius 2 is 1.46 bits per heavy atom. The van der Waals surface area contributed by atoms with Crippen LogP contribution in [0.5, 0.6) is 0 Å². The lowest BCUT2D eigenvalue weighted by molar-refractivity contribution is 0.473. The zero-order valence-electron chi connectivity index (χ0n) is 15.6. The number of hydrogen-bond acceptors (Lipinski definition) is 3. The fourth-order valence-corrected chi connectivity index (χ4v) is 5.03. The molecule has 142 valence electrons. The number of nitrogens with one attached hydrogen (secondary N) is 1. The summed E-state index contributed by atoms with van der Waals surface area (Å²) in [5.74, 6) is 0.309. The Balaban J connectivity index is 2.27. The molecule has 3 unspecified atom stereocenters. The first-order chi connectivity index (χ1) is 12.5. The average Bonchev–Trinajstić information content (AvgIpc) is 2.66. The smallest absolute Gasteiger partial charge is 0.212 e. The van der Waals surface area contributed by atoms with Crippen LogP contribution in [0, 0.1) is 5.92 Å². The predicted molar refractivity (Wildman–Crippen MR) is 108 cm³/mol. The van der Waals surface area contributed by atoms with Gasteiger partial charge in [0.15, 0.2) is 0 Å². The van der Waals surface area contributed by atoms with Crippen LogP contribution in [0.15, 0.2) is 60.7 Å². The van der Waals surface area contributed by atoms with Crippen LogP contribution < -0.4 is 10.5 Å². The van der Waals surface area contributed by atoms with Gasteiger partial charge in [-0.15, -0.1) is 0 Å². The third-order valence-corrected chi connectivity index (χ3v) is 6.26. The number of sulfonamides is 1. The zero-order chi connectivity index (χ0) is 19.0. The molecule has 2 aromatic rings. The maximum absolute atomic E-state index is 12.8. The average molecular weight is 375 g/mol. The summed E-state index contributed by atoms with van der Waals surface area (Å²) in [5, 5.41) is 0. The first-order valence-electron chi connectivity index (χ1n) is 9.32. The molecule has 0 bridgehead atoms. The fraction of sp³-hybridized carbons (Fsp3) is 0.429. The van der Waals surface area contributed by atoms with E-state index in [9.17, 15) is 8.42 Å². The summed E-state index contributed by atoms with van der Waals surface area (Å²) < 4.78 is 28.5. The molecular weight excluding hydrogens is 344 g/mol. The van der Waals surface area contributed by atoms with Crippen molar-refractivity contribution in [1.82, 2.24) is 4.72 Å². The monoisotopic (exact) mass is 374 g/mol. The van der Waals surface area contributed by atoms with Gasteiger partial charge in [0.2, 0.25) is 10.0 Å². The molecule has 5 heteroatoms. The van der Waals surface area contributed by atoms with Crippen molar-refractivity contribution in [2.45, 2.75) is 45.2 Å². The molecule has 0 saturated carbocycles. The van der Waals surface area contributed by atoms with E-state index in [1.807, 2.05) is 67.6 Å². The van der Waals surface area contributed by atoms with Crippen LogP contribution in [-0.4, -0.2) is 14.2 Å². The van der Waals surface area contributed by atoms with Crippen LogP contribution in [0.2, 0.25) is 0 Å². The van der Waals surface area contributed by atoms with Crippen molar-refractivity contribution in [2.24, 2.45) is 11.7 Å². The van der Waals surface area contributed by atoms with Gasteiger partial charge >= 0.3 is 0 Å². The minimum absolute atomic E-state index is 0.141. The van der Waals surface area contributed by atoms with Crippen LogP contribution in [0.1, 0.15) is 56.3 Å². The Labute approximate surface area is 157 Å². The summed E-state index contributed by atoms with van der Waals surface area (Å²) in [6, 6.07) is 18.2. The molecule has 3 N–H and O–H groups in total. The highest BCUT2D eigenvalue weighted by Gasteiger charge is 2.27. The molecule has 0 aliphatic heterocycles. The molecule has 0 radical (unpaired) electrons. The zero-order valence-corrected chi connectivity index (χ0v) is 16.5. The van der Waals surface area contributed by atoms with Crippen molar-refractivity contribution in [1.29, 1.82) is 0 Å². The topological polar surface area (TPSA) is 72.2 Å². The molecule has 2 aromatic carbocycles. The summed E-state index contributed by atoms with van der Waals surface area (Å²) in [5.41, 5.74) is 8.25. The third kappa shape index (κ3) is 5.94. The van der Waals surface area contributed by atoms with Crippen molar-refractivity contribution in [3.05, 3.63) is 71.8 Å². The van der Waals surface area contributed by atoms with Gasteiger partial charge in [0, 0.05) is 0 Å². The second-order valence-electron chi connectivity index (χ2n) is 6.79. The molecule has 0 aromatic heterocycles. The highest BCUT2D eigenvalue weighted by atomic mass is 32.2. The SMILES string of the molecule is CCCC(CC)CS(=O)(=O)NC(c1ccccc1)C(N)c1ccccc1. The summed E-state index contributed by atoms with van der Waals surface area (Å²) in [7, 11) is -3.45. The molecule has 4 nitrogen and oxygen atoms in total. The second-order valence-corrected chi connectivity index (χ2v) is 8.59. The van der Waals surface area contributed by atoms with Gasteiger partial charge in [-0.3, -0.25) is 0 Å². The minimum Gasteiger partial charge on any atom is -0.322 e. The maximum Gasteiger partial charge on any atom is 0.212 e. The first kappa shape index (κ1) is 20.6. The van der Waals surface area contributed by atoms with Crippen LogP contribution >= 0.6 is 0 Å². The van der Waals surface area contributed by atoms with E-state index in [1.165, 1.54) is 0 Å². The van der Waals surface area contributed by atoms with Gasteiger partial charge < -0.3 is 5.73 Å². The number of nitrogens with two attached hydrogens (primary N) is 1. The second kappa shape index (κ2) is 9.86. The Morgan fingerprint density at radius 1 is 0.923 bits per heavy atom. The molecule has 26 heavy (non-hydrogen) atoms. The van der Waals surface area contributed by atoms with Gasteiger partial charge in [-0.05, 0) is 23.5 Å². The van der Waals surface area contributed by atoms with E-state index in [0.29, 0.717) is 0 Å². The lowest BCUT2D eigenvalue weighted by atomic mass is 9.95. The van der Waals surface area contributed by atoms with Gasteiger partial charge in [-0.2, -0.15) is 0 Å². The lowest BCUT2D eigenvalue weighted by Crippen LogP contribution is -2.38. The third-order valence-electron chi connectivity index (χ3n) is 4.74. The number of rotatable bonds is 10. The van der Waals surface area contributed by atoms with E-state index in [4.69, 9.17) is 5.73 Å². The predicted octanol–water partition coefficient (Wildman–Crippen LogP) is 4.17. The van der Waals surface area contributed by atoms with Crippen LogP contribution in [0.25, 0.3) is 0 Å². The normalized spacial score (nSPS) is 15.3. The van der Waals surface area contributed by atoms with Gasteiger partial charge in [0.05, 0.1) is 17.8 Å². The summed E-state index contributed by atoms with van der Waals surface area (Å²) in [6.07, 6.45) is 2.76. The molecule has 3 atom stereocenters. The highest BCUT2D eigenvalue weighted by molar-refractivity contribution is 7.89. The molecular formula is C21H30N2O2S. The summed E-state index contributed by atoms with van der Waals surface area (Å²) >= 11 is 0. The van der Waals surface area contributed by atoms with Crippen LogP contribution in [0.4, 0.5) is 0 Å². The standard InChI is InChI=1S/C21H30N2O2S/c1-3-11-17(4-2)16-26(24,25)23-21(19-14-9-6-10-15-19)20(22)18-12-7-5-8-13-18/h5-10,12-15,17,20-21,23H,3-4,11,16,22H2,1-2H3. The van der Waals surface area contributed by atoms with E-state index in [-0.39, 0.29) is 11.7 Å². The van der Waals surface area contributed by atoms with Gasteiger partial charge in [-0.25, -0.2) is 13.1 Å². The Bertz CT molecular complexity index is 748. The van der Waals surface area contributed by atoms with Gasteiger partial charge in [0.1, 0.15) is 0 Å². The molecule has 0 heterocycles. The van der Waals surface area contributed by atoms with E-state index >= 15 is 0 Å². The number of hydrogen-bond donors (Lipinski definition) is 2. The molecule has 2 rings (SSSR count). The van der Waals surface area contributed by atoms with Crippen molar-refractivity contribution < 1.29 is 8.42 Å². The van der Waals surface area contributed by atoms with Crippen molar-refractivity contribution in [3.8, 4) is 0 Å². The van der Waals surface area contributed by atoms with E-state index < -0.39 is 22.1 Å². The molecule has 0 aliphatic carbocycles. The molecule has 0 amide bonds.